The van der Waals surface area contributed by atoms with Crippen molar-refractivity contribution in [2.45, 2.75) is 24.5 Å². The Balaban J connectivity index is 1.37. The molecule has 7 rings (SSSR count). The third-order valence-corrected chi connectivity index (χ3v) is 14.8. The van der Waals surface area contributed by atoms with E-state index >= 15 is 0 Å². The van der Waals surface area contributed by atoms with Crippen LogP contribution in [0.2, 0.25) is 0 Å². The lowest BCUT2D eigenvalue weighted by Gasteiger charge is -2.15. The minimum atomic E-state index is -5.71. The second-order valence-corrected chi connectivity index (χ2v) is 22.2. The number of nitro benzene ring substituents is 1. The average molecular weight is 1180 g/mol. The van der Waals surface area contributed by atoms with Crippen molar-refractivity contribution in [3.63, 3.8) is 0 Å². The molecule has 0 bridgehead atoms. The van der Waals surface area contributed by atoms with Crippen molar-refractivity contribution in [3.05, 3.63) is 112 Å². The van der Waals surface area contributed by atoms with Gasteiger partial charge in [0.05, 0.1) is 38.5 Å². The van der Waals surface area contributed by atoms with E-state index in [4.69, 9.17) is 10.8 Å². The molecule has 0 aromatic heterocycles. The second kappa shape index (κ2) is 20.4. The Labute approximate surface area is 433 Å². The number of carboxylic acid groups (broad SMARTS) is 2. The number of aromatic carboxylic acids is 2. The number of phenols is 2. The van der Waals surface area contributed by atoms with Gasteiger partial charge in [-0.25, -0.2) is 9.59 Å². The lowest BCUT2D eigenvalue weighted by molar-refractivity contribution is -0.385. The van der Waals surface area contributed by atoms with Crippen molar-refractivity contribution in [3.8, 4) is 11.5 Å². The van der Waals surface area contributed by atoms with Gasteiger partial charge in [0.25, 0.3) is 56.3 Å². The number of phenolic OH excluding ortho intramolecular Hbond substituents is 2. The Bertz CT molecular complexity index is 4540. The number of benzene rings is 7. The maximum absolute atomic E-state index is 13.0. The molecule has 0 unspecified atom stereocenters. The van der Waals surface area contributed by atoms with Gasteiger partial charge < -0.3 is 26.2 Å². The summed E-state index contributed by atoms with van der Waals surface area (Å²) in [4.78, 5) is 26.5. The minimum Gasteiger partial charge on any atom is -0.505 e. The highest BCUT2D eigenvalue weighted by molar-refractivity contribution is 7.87. The molecule has 7 aromatic rings. The van der Waals surface area contributed by atoms with E-state index in [-0.39, 0.29) is 23.0 Å². The summed E-state index contributed by atoms with van der Waals surface area (Å²) in [5, 5.41) is 78.5. The van der Waals surface area contributed by atoms with Crippen LogP contribution >= 0.6 is 0 Å². The molecule has 7 aromatic carbocycles. The maximum Gasteiger partial charge on any atom is 0.338 e. The van der Waals surface area contributed by atoms with Crippen LogP contribution in [0.15, 0.2) is 156 Å². The number of carboxylic acids is 2. The minimum absolute atomic E-state index is 0.0611. The van der Waals surface area contributed by atoms with Gasteiger partial charge in [0.2, 0.25) is 0 Å². The average Bonchev–Trinajstić information content (AvgIpc) is 3.51. The number of hydrogen-bond donors (Lipinski definition) is 10. The first kappa shape index (κ1) is 56.5. The summed E-state index contributed by atoms with van der Waals surface area (Å²) in [5.74, 6) is -5.71. The Morgan fingerprint density at radius 3 is 1.49 bits per heavy atom. The fourth-order valence-corrected chi connectivity index (χ4v) is 10.4. The Kier molecular flexibility index (Phi) is 14.7. The van der Waals surface area contributed by atoms with Gasteiger partial charge in [-0.15, -0.1) is 30.7 Å². The van der Waals surface area contributed by atoms with Crippen LogP contribution in [0, 0.1) is 10.1 Å². The van der Waals surface area contributed by atoms with E-state index in [1.165, 1.54) is 24.3 Å². The van der Waals surface area contributed by atoms with Crippen molar-refractivity contribution < 1.29 is 99.8 Å². The predicted octanol–water partition coefficient (Wildman–Crippen LogP) is 8.19. The highest BCUT2D eigenvalue weighted by atomic mass is 32.2. The molecule has 0 aliphatic rings. The van der Waals surface area contributed by atoms with Crippen molar-refractivity contribution in [1.82, 2.24) is 0 Å². The number of carbonyl (C=O) groups is 2. The molecule has 0 fully saturated rings. The summed E-state index contributed by atoms with van der Waals surface area (Å²) < 4.78 is 177. The molecule has 11 N–H and O–H groups in total. The number of anilines is 1. The van der Waals surface area contributed by atoms with Crippen LogP contribution in [0.5, 0.6) is 11.5 Å². The van der Waals surface area contributed by atoms with Crippen LogP contribution in [0.3, 0.4) is 0 Å². The lowest BCUT2D eigenvalue weighted by Crippen LogP contribution is -2.04. The maximum atomic E-state index is 13.0. The van der Waals surface area contributed by atoms with Gasteiger partial charge >= 0.3 is 11.9 Å². The molecule has 0 aliphatic carbocycles. The molecule has 0 heterocycles. The molecule has 33 nitrogen and oxygen atoms in total. The lowest BCUT2D eigenvalue weighted by atomic mass is 10.0. The number of nitrogens with two attached hydrogens (primary N) is 1. The summed E-state index contributed by atoms with van der Waals surface area (Å²) >= 11 is 0. The number of fused-ring (bicyclic) bond motifs is 2. The number of nitrogens with zero attached hydrogens (tertiary/aromatic N) is 9. The zero-order chi connectivity index (χ0) is 57.8. The van der Waals surface area contributed by atoms with Crippen molar-refractivity contribution in [1.29, 1.82) is 0 Å². The SMILES string of the molecule is Nc1c(N=Nc2ccc3c(O)c(N=Nc4ccc(N=Nc5ccc(C(=O)O)cc5)cc4C(=O)O)c(S(=O)(=O)O)cc3c2S(=O)(=O)O)cc(S(=O)(=O)O)c2cc(S(=O)(=O)O)c(N=Nc3ccc([N+](=O)[O-])cc3S(=O)(=O)O)c(O)c12. The van der Waals surface area contributed by atoms with Crippen LogP contribution in [-0.2, 0) is 50.6 Å². The zero-order valence-electron chi connectivity index (χ0n) is 37.5. The van der Waals surface area contributed by atoms with Gasteiger partial charge in [-0.2, -0.15) is 52.3 Å². The fourth-order valence-electron chi connectivity index (χ4n) is 6.98. The van der Waals surface area contributed by atoms with Crippen molar-refractivity contribution >= 4 is 141 Å². The van der Waals surface area contributed by atoms with Gasteiger partial charge in [0, 0.05) is 28.3 Å². The normalized spacial score (nSPS) is 12.9. The van der Waals surface area contributed by atoms with Gasteiger partial charge in [0.1, 0.15) is 58.6 Å². The number of hydrogen-bond acceptors (Lipinski definition) is 25. The predicted molar refractivity (Wildman–Crippen MR) is 261 cm³/mol. The van der Waals surface area contributed by atoms with Crippen molar-refractivity contribution in [2.75, 3.05) is 5.73 Å². The quantitative estimate of drug-likeness (QED) is 0.0143. The molecular weight excluding hydrogens is 1150 g/mol. The van der Waals surface area contributed by atoms with E-state index in [1.54, 1.807) is 0 Å². The van der Waals surface area contributed by atoms with Gasteiger partial charge in [0.15, 0.2) is 11.5 Å². The van der Waals surface area contributed by atoms with E-state index in [1.807, 2.05) is 0 Å². The van der Waals surface area contributed by atoms with Crippen LogP contribution in [0.4, 0.5) is 56.9 Å². The molecule has 404 valence electrons. The van der Waals surface area contributed by atoms with E-state index in [9.17, 15) is 99.9 Å². The van der Waals surface area contributed by atoms with E-state index < -0.39 is 176 Å². The molecule has 0 aliphatic heterocycles. The van der Waals surface area contributed by atoms with Gasteiger partial charge in [-0.1, -0.05) is 0 Å². The molecule has 0 amide bonds. The number of nitro groups is 1. The molecule has 0 spiro atoms. The summed E-state index contributed by atoms with van der Waals surface area (Å²) in [6, 6.07) is 12.1. The number of non-ortho nitro benzene ring substituents is 1. The number of azo groups is 4. The zero-order valence-corrected chi connectivity index (χ0v) is 41.6. The summed E-state index contributed by atoms with van der Waals surface area (Å²) in [7, 11) is -28.0. The van der Waals surface area contributed by atoms with Gasteiger partial charge in [-0.05, 0) is 78.9 Å². The first-order valence-corrected chi connectivity index (χ1v) is 27.3. The summed E-state index contributed by atoms with van der Waals surface area (Å²) in [6.07, 6.45) is 0. The van der Waals surface area contributed by atoms with Gasteiger partial charge in [-0.3, -0.25) is 32.9 Å². The molecule has 0 radical (unpaired) electrons. The largest absolute Gasteiger partial charge is 0.505 e. The second-order valence-electron chi connectivity index (χ2n) is 15.3. The number of nitrogen functional groups attached to an aromatic ring is 1. The third kappa shape index (κ3) is 11.6. The van der Waals surface area contributed by atoms with Crippen LogP contribution in [-0.4, -0.2) is 102 Å². The first-order chi connectivity index (χ1) is 36.1. The number of aromatic hydroxyl groups is 2. The Morgan fingerprint density at radius 2 is 0.949 bits per heavy atom. The highest BCUT2D eigenvalue weighted by Crippen LogP contribution is 2.50. The van der Waals surface area contributed by atoms with E-state index in [0.29, 0.717) is 36.4 Å². The monoisotopic (exact) mass is 1170 g/mol. The third-order valence-electron chi connectivity index (χ3n) is 10.4. The fraction of sp³-hybridized carbons (Fsp3) is 0. The van der Waals surface area contributed by atoms with Crippen molar-refractivity contribution in [2.24, 2.45) is 40.9 Å². The molecule has 38 heteroatoms. The summed E-state index contributed by atoms with van der Waals surface area (Å²) in [5.41, 5.74) is -2.33. The number of rotatable bonds is 16. The Morgan fingerprint density at radius 1 is 0.462 bits per heavy atom. The van der Waals surface area contributed by atoms with E-state index in [2.05, 4.69) is 40.9 Å². The summed E-state index contributed by atoms with van der Waals surface area (Å²) in [6.45, 7) is 0. The molecule has 78 heavy (non-hydrogen) atoms. The van der Waals surface area contributed by atoms with Crippen LogP contribution in [0.25, 0.3) is 21.5 Å². The Hall–Kier alpha value is -9.25. The van der Waals surface area contributed by atoms with Crippen LogP contribution < -0.4 is 5.73 Å². The van der Waals surface area contributed by atoms with E-state index in [0.717, 1.165) is 24.3 Å². The molecular formula is C40H26N10O23S5. The molecule has 0 atom stereocenters. The molecule has 0 saturated carbocycles. The van der Waals surface area contributed by atoms with Crippen LogP contribution in [0.1, 0.15) is 20.7 Å². The highest BCUT2D eigenvalue weighted by Gasteiger charge is 2.31. The smallest absolute Gasteiger partial charge is 0.338 e. The topological polar surface area (TPSA) is 555 Å². The molecule has 0 saturated heterocycles. The first-order valence-electron chi connectivity index (χ1n) is 20.1. The standard InChI is InChI=1S/C40H26N10O23S5/c41-33-27(15-28(74(59,60)61)23-14-31(77(68,69)70)35(37(52)32(23)33)49-45-25-9-6-19(50(57)58)12-29(25)75(62,63)64)47-46-26-10-7-20-21(38(26)78(71,72)73)13-30(76(65,66)67)34(36(20)51)48-44-24-8-5-18(11-22(24)40(55)56)43-42-17-3-1-16(2-4-17)39(53)54/h1-15,51-52H,41H2,(H,53,54)(H,55,56)(H,59,60,61)(H,62,63,64)(H,65,66,67)(H,68,69,70)(H,71,72,73).